The molecule has 0 radical (unpaired) electrons. The highest BCUT2D eigenvalue weighted by Crippen LogP contribution is 2.39. The zero-order chi connectivity index (χ0) is 24.9. The van der Waals surface area contributed by atoms with Crippen LogP contribution in [0.4, 0.5) is 0 Å². The number of ether oxygens (including phenoxy) is 2. The molecule has 0 aliphatic carbocycles. The van der Waals surface area contributed by atoms with Crippen molar-refractivity contribution in [3.05, 3.63) is 106 Å². The minimum absolute atomic E-state index is 0.0295. The molecule has 1 N–H and O–H groups in total. The predicted molar refractivity (Wildman–Crippen MR) is 134 cm³/mol. The summed E-state index contributed by atoms with van der Waals surface area (Å²) in [7, 11) is 1.52. The van der Waals surface area contributed by atoms with Gasteiger partial charge in [-0.3, -0.25) is 9.59 Å². The van der Waals surface area contributed by atoms with Gasteiger partial charge in [0, 0.05) is 24.2 Å². The number of benzene rings is 3. The van der Waals surface area contributed by atoms with Crippen LogP contribution < -0.4 is 4.74 Å². The van der Waals surface area contributed by atoms with Crippen LogP contribution in [0.15, 0.2) is 78.4 Å². The van der Waals surface area contributed by atoms with E-state index in [2.05, 4.69) is 6.07 Å². The van der Waals surface area contributed by atoms with Crippen molar-refractivity contribution in [3.63, 3.8) is 0 Å². The number of rotatable bonds is 8. The van der Waals surface area contributed by atoms with E-state index in [0.717, 1.165) is 11.1 Å². The van der Waals surface area contributed by atoms with Crippen LogP contribution in [0.2, 0.25) is 5.02 Å². The van der Waals surface area contributed by atoms with Crippen LogP contribution in [0.1, 0.15) is 28.3 Å². The van der Waals surface area contributed by atoms with E-state index in [4.69, 9.17) is 21.1 Å². The lowest BCUT2D eigenvalue weighted by atomic mass is 9.95. The van der Waals surface area contributed by atoms with Crippen LogP contribution in [0.25, 0.3) is 5.76 Å². The van der Waals surface area contributed by atoms with Crippen LogP contribution in [-0.4, -0.2) is 42.0 Å². The average Bonchev–Trinajstić information content (AvgIpc) is 3.11. The Hall–Kier alpha value is -3.61. The number of nitrogens with zero attached hydrogens (tertiary/aromatic N) is 1. The van der Waals surface area contributed by atoms with E-state index in [1.54, 1.807) is 48.5 Å². The quantitative estimate of drug-likeness (QED) is 0.263. The van der Waals surface area contributed by atoms with Gasteiger partial charge in [0.1, 0.15) is 18.1 Å². The van der Waals surface area contributed by atoms with Crippen molar-refractivity contribution in [2.24, 2.45) is 0 Å². The Bertz CT molecular complexity index is 1250. The first kappa shape index (κ1) is 24.5. The van der Waals surface area contributed by atoms with E-state index in [0.29, 0.717) is 28.5 Å². The molecule has 0 saturated carbocycles. The second-order valence-electron chi connectivity index (χ2n) is 8.34. The molecule has 0 unspecified atom stereocenters. The third-order valence-electron chi connectivity index (χ3n) is 5.88. The predicted octanol–water partition coefficient (Wildman–Crippen LogP) is 5.30. The lowest BCUT2D eigenvalue weighted by Gasteiger charge is -2.25. The summed E-state index contributed by atoms with van der Waals surface area (Å²) in [6, 6.07) is 21.0. The Morgan fingerprint density at radius 2 is 1.74 bits per heavy atom. The van der Waals surface area contributed by atoms with Crippen LogP contribution in [0.5, 0.6) is 5.75 Å². The highest BCUT2D eigenvalue weighted by molar-refractivity contribution is 6.46. The second kappa shape index (κ2) is 10.8. The number of amides is 1. The number of Topliss-reactive ketones (excluding diaryl/α,β-unsaturated/α-hetero) is 1. The normalized spacial score (nSPS) is 17.1. The topological polar surface area (TPSA) is 76.1 Å². The molecular weight excluding hydrogens is 466 g/mol. The van der Waals surface area contributed by atoms with Crippen molar-refractivity contribution in [3.8, 4) is 5.75 Å². The number of hydrogen-bond donors (Lipinski definition) is 1. The number of aliphatic hydroxyl groups is 1. The maximum atomic E-state index is 13.0. The van der Waals surface area contributed by atoms with Crippen molar-refractivity contribution >= 4 is 29.1 Å². The molecule has 35 heavy (non-hydrogen) atoms. The van der Waals surface area contributed by atoms with E-state index in [1.807, 2.05) is 25.1 Å². The molecule has 0 spiro atoms. The van der Waals surface area contributed by atoms with Gasteiger partial charge in [-0.05, 0) is 54.4 Å². The molecule has 1 amide bonds. The summed E-state index contributed by atoms with van der Waals surface area (Å²) in [5, 5.41) is 11.7. The van der Waals surface area contributed by atoms with Crippen LogP contribution >= 0.6 is 11.6 Å². The van der Waals surface area contributed by atoms with Gasteiger partial charge in [0.15, 0.2) is 0 Å². The fraction of sp³-hybridized carbons (Fsp3) is 0.214. The third-order valence-corrected chi connectivity index (χ3v) is 6.13. The maximum absolute atomic E-state index is 13.0. The number of aliphatic hydroxyl groups excluding tert-OH is 1. The lowest BCUT2D eigenvalue weighted by Crippen LogP contribution is -2.32. The molecule has 0 bridgehead atoms. The zero-order valence-electron chi connectivity index (χ0n) is 19.5. The van der Waals surface area contributed by atoms with E-state index in [1.165, 1.54) is 12.0 Å². The lowest BCUT2D eigenvalue weighted by molar-refractivity contribution is -0.140. The van der Waals surface area contributed by atoms with Crippen LogP contribution in [0, 0.1) is 6.92 Å². The highest BCUT2D eigenvalue weighted by Gasteiger charge is 2.45. The van der Waals surface area contributed by atoms with Gasteiger partial charge < -0.3 is 19.5 Å². The Morgan fingerprint density at radius 1 is 1.03 bits per heavy atom. The van der Waals surface area contributed by atoms with Gasteiger partial charge in [-0.25, -0.2) is 0 Å². The molecule has 1 heterocycles. The second-order valence-corrected chi connectivity index (χ2v) is 8.78. The molecule has 1 atom stereocenters. The van der Waals surface area contributed by atoms with Gasteiger partial charge in [-0.1, -0.05) is 53.6 Å². The van der Waals surface area contributed by atoms with Crippen molar-refractivity contribution in [2.45, 2.75) is 19.6 Å². The molecule has 6 nitrogen and oxygen atoms in total. The number of likely N-dealkylation sites (tertiary alicyclic amines) is 1. The standard InChI is InChI=1S/C28H26ClNO5/c1-18-4-3-5-19(16-18)17-35-23-12-8-21(9-13-23)26(31)24-25(20-6-10-22(29)11-7-20)30(14-15-34-2)28(33)27(24)32/h3-13,16,25,31H,14-15,17H2,1-2H3/t25-/m0/s1. The summed E-state index contributed by atoms with van der Waals surface area (Å²) in [5.41, 5.74) is 3.32. The summed E-state index contributed by atoms with van der Waals surface area (Å²) in [5.74, 6) is -1.04. The van der Waals surface area contributed by atoms with E-state index >= 15 is 0 Å². The number of hydrogen-bond acceptors (Lipinski definition) is 5. The molecule has 4 rings (SSSR count). The van der Waals surface area contributed by atoms with Crippen molar-refractivity contribution in [1.82, 2.24) is 4.90 Å². The van der Waals surface area contributed by atoms with Gasteiger partial charge in [-0.2, -0.15) is 0 Å². The molecule has 0 aromatic heterocycles. The van der Waals surface area contributed by atoms with Crippen molar-refractivity contribution in [1.29, 1.82) is 0 Å². The zero-order valence-corrected chi connectivity index (χ0v) is 20.3. The van der Waals surface area contributed by atoms with Gasteiger partial charge in [-0.15, -0.1) is 0 Å². The summed E-state index contributed by atoms with van der Waals surface area (Å²) < 4.78 is 11.0. The minimum Gasteiger partial charge on any atom is -0.507 e. The van der Waals surface area contributed by atoms with Crippen LogP contribution in [0.3, 0.4) is 0 Å². The van der Waals surface area contributed by atoms with Crippen molar-refractivity contribution < 1.29 is 24.2 Å². The van der Waals surface area contributed by atoms with Crippen molar-refractivity contribution in [2.75, 3.05) is 20.3 Å². The third kappa shape index (κ3) is 5.39. The molecule has 3 aromatic rings. The molecule has 1 aliphatic heterocycles. The number of ketones is 1. The maximum Gasteiger partial charge on any atom is 0.295 e. The van der Waals surface area contributed by atoms with E-state index < -0.39 is 17.7 Å². The molecule has 1 aliphatic rings. The van der Waals surface area contributed by atoms with Gasteiger partial charge in [0.25, 0.3) is 11.7 Å². The largest absolute Gasteiger partial charge is 0.507 e. The molecule has 1 saturated heterocycles. The average molecular weight is 492 g/mol. The number of carbonyl (C=O) groups excluding carboxylic acids is 2. The van der Waals surface area contributed by atoms with Gasteiger partial charge >= 0.3 is 0 Å². The van der Waals surface area contributed by atoms with Gasteiger partial charge in [0.05, 0.1) is 18.2 Å². The molecular formula is C28H26ClNO5. The number of carbonyl (C=O) groups is 2. The monoisotopic (exact) mass is 491 g/mol. The number of halogens is 1. The van der Waals surface area contributed by atoms with E-state index in [9.17, 15) is 14.7 Å². The van der Waals surface area contributed by atoms with E-state index in [-0.39, 0.29) is 24.5 Å². The summed E-state index contributed by atoms with van der Waals surface area (Å²) in [6.45, 7) is 2.90. The Kier molecular flexibility index (Phi) is 7.54. The number of methoxy groups -OCH3 is 1. The Labute approximate surface area is 209 Å². The Balaban J connectivity index is 1.63. The highest BCUT2D eigenvalue weighted by atomic mass is 35.5. The SMILES string of the molecule is COCCN1C(=O)C(=O)C(=C(O)c2ccc(OCc3cccc(C)c3)cc2)[C@@H]1c1ccc(Cl)cc1. The Morgan fingerprint density at radius 3 is 2.40 bits per heavy atom. The first-order valence-corrected chi connectivity index (χ1v) is 11.6. The van der Waals surface area contributed by atoms with Gasteiger partial charge in [0.2, 0.25) is 0 Å². The van der Waals surface area contributed by atoms with Crippen LogP contribution in [-0.2, 0) is 20.9 Å². The summed E-state index contributed by atoms with van der Waals surface area (Å²) >= 11 is 6.04. The summed E-state index contributed by atoms with van der Waals surface area (Å²) in [4.78, 5) is 27.2. The first-order valence-electron chi connectivity index (χ1n) is 11.2. The molecule has 180 valence electrons. The number of aryl methyl sites for hydroxylation is 1. The molecule has 7 heteroatoms. The first-order chi connectivity index (χ1) is 16.9. The molecule has 3 aromatic carbocycles. The smallest absolute Gasteiger partial charge is 0.295 e. The minimum atomic E-state index is -0.750. The fourth-order valence-electron chi connectivity index (χ4n) is 4.13. The molecule has 1 fully saturated rings. The summed E-state index contributed by atoms with van der Waals surface area (Å²) in [6.07, 6.45) is 0. The fourth-order valence-corrected chi connectivity index (χ4v) is 4.25.